The van der Waals surface area contributed by atoms with Crippen LogP contribution in [-0.2, 0) is 19.6 Å². The highest BCUT2D eigenvalue weighted by atomic mass is 32.2. The molecule has 0 aliphatic carbocycles. The van der Waals surface area contributed by atoms with Crippen molar-refractivity contribution in [1.82, 2.24) is 4.31 Å². The summed E-state index contributed by atoms with van der Waals surface area (Å²) in [4.78, 5) is 11.9. The van der Waals surface area contributed by atoms with Gasteiger partial charge in [0, 0.05) is 6.42 Å². The zero-order chi connectivity index (χ0) is 16.4. The van der Waals surface area contributed by atoms with E-state index in [1.165, 1.54) is 0 Å². The minimum atomic E-state index is -5.79. The maximum Gasteiger partial charge on any atom is 0.516 e. The lowest BCUT2D eigenvalue weighted by Gasteiger charge is -2.24. The Bertz CT molecular complexity index is 479. The number of carbonyl (C=O) groups is 1. The van der Waals surface area contributed by atoms with Gasteiger partial charge in [0.15, 0.2) is 0 Å². The lowest BCUT2D eigenvalue weighted by Crippen LogP contribution is -2.46. The molecule has 0 saturated carbocycles. The smallest absolute Gasteiger partial charge is 0.394 e. The highest BCUT2D eigenvalue weighted by molar-refractivity contribution is 7.90. The van der Waals surface area contributed by atoms with Crippen LogP contribution in [0.25, 0.3) is 0 Å². The summed E-state index contributed by atoms with van der Waals surface area (Å²) < 4.78 is 65.3. The summed E-state index contributed by atoms with van der Waals surface area (Å²) in [5.41, 5.74) is -5.58. The lowest BCUT2D eigenvalue weighted by atomic mass is 9.96. The third-order valence-corrected chi connectivity index (χ3v) is 4.90. The average molecular weight is 333 g/mol. The maximum atomic E-state index is 12.5. The van der Waals surface area contributed by atoms with Gasteiger partial charge >= 0.3 is 15.5 Å². The molecule has 124 valence electrons. The molecule has 1 amide bonds. The fourth-order valence-corrected chi connectivity index (χ4v) is 3.24. The predicted molar refractivity (Wildman–Crippen MR) is 66.5 cm³/mol. The molecule has 1 saturated heterocycles. The first kappa shape index (κ1) is 18.2. The number of ether oxygens (including phenoxy) is 1. The van der Waals surface area contributed by atoms with Crippen LogP contribution < -0.4 is 0 Å². The van der Waals surface area contributed by atoms with E-state index >= 15 is 0 Å². The molecule has 0 bridgehead atoms. The zero-order valence-electron chi connectivity index (χ0n) is 11.6. The first-order valence-corrected chi connectivity index (χ1v) is 7.82. The SMILES string of the molecule is CC1CC(CC(=O)N(CCO)S(=O)(=O)C(F)(F)F)C(C)O1. The molecule has 0 aromatic rings. The monoisotopic (exact) mass is 333 g/mol. The Hall–Kier alpha value is -0.870. The van der Waals surface area contributed by atoms with Gasteiger partial charge in [0.1, 0.15) is 0 Å². The molecule has 10 heteroatoms. The van der Waals surface area contributed by atoms with Crippen molar-refractivity contribution in [1.29, 1.82) is 0 Å². The van der Waals surface area contributed by atoms with Gasteiger partial charge in [-0.25, -0.2) is 4.31 Å². The van der Waals surface area contributed by atoms with Gasteiger partial charge in [-0.1, -0.05) is 0 Å². The van der Waals surface area contributed by atoms with Crippen molar-refractivity contribution < 1.29 is 36.2 Å². The van der Waals surface area contributed by atoms with Crippen molar-refractivity contribution in [3.8, 4) is 0 Å². The Morgan fingerprint density at radius 1 is 1.38 bits per heavy atom. The van der Waals surface area contributed by atoms with E-state index in [1.807, 2.05) is 0 Å². The molecule has 1 aliphatic heterocycles. The number of halogens is 3. The fraction of sp³-hybridized carbons (Fsp3) is 0.909. The van der Waals surface area contributed by atoms with Crippen LogP contribution in [0.2, 0.25) is 0 Å². The molecule has 1 fully saturated rings. The van der Waals surface area contributed by atoms with Crippen LogP contribution >= 0.6 is 0 Å². The predicted octanol–water partition coefficient (Wildman–Crippen LogP) is 0.861. The van der Waals surface area contributed by atoms with Gasteiger partial charge in [-0.2, -0.15) is 21.6 Å². The van der Waals surface area contributed by atoms with Crippen molar-refractivity contribution in [3.05, 3.63) is 0 Å². The minimum absolute atomic E-state index is 0.136. The van der Waals surface area contributed by atoms with Crippen molar-refractivity contribution in [3.63, 3.8) is 0 Å². The van der Waals surface area contributed by atoms with Gasteiger partial charge in [0.05, 0.1) is 25.4 Å². The number of rotatable bonds is 5. The van der Waals surface area contributed by atoms with Gasteiger partial charge in [-0.05, 0) is 26.2 Å². The molecule has 0 aromatic carbocycles. The molecule has 0 aromatic heterocycles. The number of sulfonamides is 1. The number of aliphatic hydroxyl groups excluding tert-OH is 1. The highest BCUT2D eigenvalue weighted by Crippen LogP contribution is 2.32. The Morgan fingerprint density at radius 2 is 1.95 bits per heavy atom. The first-order chi connectivity index (χ1) is 9.50. The van der Waals surface area contributed by atoms with Gasteiger partial charge in [0.25, 0.3) is 0 Å². The van der Waals surface area contributed by atoms with Crippen LogP contribution in [0.15, 0.2) is 0 Å². The normalized spacial score (nSPS) is 26.9. The second-order valence-electron chi connectivity index (χ2n) is 4.99. The average Bonchev–Trinajstić information content (AvgIpc) is 2.62. The van der Waals surface area contributed by atoms with Crippen molar-refractivity contribution >= 4 is 15.9 Å². The molecule has 6 nitrogen and oxygen atoms in total. The minimum Gasteiger partial charge on any atom is -0.394 e. The van der Waals surface area contributed by atoms with Gasteiger partial charge in [-0.3, -0.25) is 4.79 Å². The summed E-state index contributed by atoms with van der Waals surface area (Å²) in [5.74, 6) is -1.53. The number of hydrogen-bond donors (Lipinski definition) is 1. The van der Waals surface area contributed by atoms with Crippen LogP contribution in [0.4, 0.5) is 13.2 Å². The number of amides is 1. The van der Waals surface area contributed by atoms with Gasteiger partial charge < -0.3 is 9.84 Å². The zero-order valence-corrected chi connectivity index (χ0v) is 12.4. The number of aliphatic hydroxyl groups is 1. The number of alkyl halides is 3. The third kappa shape index (κ3) is 4.07. The van der Waals surface area contributed by atoms with Crippen molar-refractivity contribution in [2.24, 2.45) is 5.92 Å². The third-order valence-electron chi connectivity index (χ3n) is 3.35. The molecular weight excluding hydrogens is 315 g/mol. The number of hydrogen-bond acceptors (Lipinski definition) is 5. The quantitative estimate of drug-likeness (QED) is 0.807. The second-order valence-corrected chi connectivity index (χ2v) is 6.85. The molecule has 21 heavy (non-hydrogen) atoms. The first-order valence-electron chi connectivity index (χ1n) is 6.38. The molecule has 3 unspecified atom stereocenters. The lowest BCUT2D eigenvalue weighted by molar-refractivity contribution is -0.129. The number of carbonyl (C=O) groups excluding carboxylic acids is 1. The second kappa shape index (κ2) is 6.49. The van der Waals surface area contributed by atoms with Crippen LogP contribution in [0, 0.1) is 5.92 Å². The Balaban J connectivity index is 2.89. The highest BCUT2D eigenvalue weighted by Gasteiger charge is 2.52. The van der Waals surface area contributed by atoms with E-state index in [0.29, 0.717) is 6.42 Å². The van der Waals surface area contributed by atoms with E-state index in [0.717, 1.165) is 0 Å². The standard InChI is InChI=1S/C11H18F3NO5S/c1-7-5-9(8(2)20-7)6-10(17)15(3-4-16)21(18,19)11(12,13)14/h7-9,16H,3-6H2,1-2H3. The Morgan fingerprint density at radius 3 is 2.33 bits per heavy atom. The Labute approximate surface area is 120 Å². The van der Waals surface area contributed by atoms with Crippen molar-refractivity contribution in [2.45, 2.75) is 44.4 Å². The summed E-state index contributed by atoms with van der Waals surface area (Å²) >= 11 is 0. The molecule has 1 rings (SSSR count). The maximum absolute atomic E-state index is 12.5. The summed E-state index contributed by atoms with van der Waals surface area (Å²) in [7, 11) is -5.79. The number of nitrogens with zero attached hydrogens (tertiary/aromatic N) is 1. The molecule has 1 N–H and O–H groups in total. The topological polar surface area (TPSA) is 83.9 Å². The van der Waals surface area contributed by atoms with Crippen molar-refractivity contribution in [2.75, 3.05) is 13.2 Å². The summed E-state index contributed by atoms with van der Waals surface area (Å²) in [5, 5.41) is 8.72. The largest absolute Gasteiger partial charge is 0.516 e. The molecular formula is C11H18F3NO5S. The van der Waals surface area contributed by atoms with E-state index in [1.54, 1.807) is 13.8 Å². The van der Waals surface area contributed by atoms with Crippen LogP contribution in [0.1, 0.15) is 26.7 Å². The summed E-state index contributed by atoms with van der Waals surface area (Å²) in [6, 6.07) is 0. The molecule has 1 aliphatic rings. The molecule has 1 heterocycles. The van der Waals surface area contributed by atoms with E-state index in [-0.39, 0.29) is 28.9 Å². The van der Waals surface area contributed by atoms with E-state index in [4.69, 9.17) is 9.84 Å². The Kier molecular flexibility index (Phi) is 5.62. The van der Waals surface area contributed by atoms with E-state index < -0.39 is 34.6 Å². The van der Waals surface area contributed by atoms with Crippen LogP contribution in [0.5, 0.6) is 0 Å². The molecule has 0 spiro atoms. The van der Waals surface area contributed by atoms with Crippen LogP contribution in [-0.4, -0.2) is 54.6 Å². The summed E-state index contributed by atoms with van der Waals surface area (Å²) in [6.07, 6.45) is -0.385. The van der Waals surface area contributed by atoms with E-state index in [2.05, 4.69) is 0 Å². The molecule has 3 atom stereocenters. The summed E-state index contributed by atoms with van der Waals surface area (Å²) in [6.45, 7) is 1.64. The van der Waals surface area contributed by atoms with E-state index in [9.17, 15) is 26.4 Å². The van der Waals surface area contributed by atoms with Gasteiger partial charge in [0.2, 0.25) is 5.91 Å². The van der Waals surface area contributed by atoms with Gasteiger partial charge in [-0.15, -0.1) is 0 Å². The fourth-order valence-electron chi connectivity index (χ4n) is 2.32. The van der Waals surface area contributed by atoms with Crippen LogP contribution in [0.3, 0.4) is 0 Å². The molecule has 0 radical (unpaired) electrons.